The Morgan fingerprint density at radius 2 is 2.15 bits per heavy atom. The number of likely N-dealkylation sites (N-methyl/N-ethyl adjacent to an activating group) is 1. The number of nitrogens with zero attached hydrogens (tertiary/aromatic N) is 1. The van der Waals surface area contributed by atoms with Gasteiger partial charge in [-0.05, 0) is 0 Å². The summed E-state index contributed by atoms with van der Waals surface area (Å²) in [6.07, 6.45) is 2.72. The summed E-state index contributed by atoms with van der Waals surface area (Å²) in [5.41, 5.74) is 6.28. The van der Waals surface area contributed by atoms with Crippen molar-refractivity contribution in [3.05, 3.63) is 18.2 Å². The van der Waals surface area contributed by atoms with Crippen molar-refractivity contribution in [2.45, 2.75) is 24.9 Å². The first-order valence-corrected chi connectivity index (χ1v) is 5.91. The SMILES string of the molecule is CNC(=O)[C@H](CC(=O)O)NC(=O)[C@@H](N)Cc1c[nH]cn1. The van der Waals surface area contributed by atoms with E-state index in [0.717, 1.165) is 0 Å². The maximum Gasteiger partial charge on any atom is 0.305 e. The zero-order valence-electron chi connectivity index (χ0n) is 10.9. The van der Waals surface area contributed by atoms with E-state index in [1.165, 1.54) is 13.4 Å². The number of hydrogen-bond donors (Lipinski definition) is 5. The number of imidazole rings is 1. The Morgan fingerprint density at radius 3 is 2.65 bits per heavy atom. The minimum absolute atomic E-state index is 0.183. The van der Waals surface area contributed by atoms with Gasteiger partial charge in [-0.1, -0.05) is 0 Å². The van der Waals surface area contributed by atoms with E-state index in [-0.39, 0.29) is 6.42 Å². The minimum Gasteiger partial charge on any atom is -0.481 e. The molecule has 0 spiro atoms. The lowest BCUT2D eigenvalue weighted by Gasteiger charge is -2.18. The van der Waals surface area contributed by atoms with Gasteiger partial charge in [-0.15, -0.1) is 0 Å². The maximum absolute atomic E-state index is 11.8. The molecule has 0 unspecified atom stereocenters. The van der Waals surface area contributed by atoms with Crippen LogP contribution in [-0.2, 0) is 20.8 Å². The number of carboxylic acid groups (broad SMARTS) is 1. The molecule has 2 amide bonds. The van der Waals surface area contributed by atoms with Crippen LogP contribution in [0.5, 0.6) is 0 Å². The Hall–Kier alpha value is -2.42. The third kappa shape index (κ3) is 4.69. The smallest absolute Gasteiger partial charge is 0.305 e. The van der Waals surface area contributed by atoms with Crippen LogP contribution >= 0.6 is 0 Å². The molecule has 6 N–H and O–H groups in total. The van der Waals surface area contributed by atoms with Crippen LogP contribution in [0.25, 0.3) is 0 Å². The average molecular weight is 283 g/mol. The van der Waals surface area contributed by atoms with E-state index in [0.29, 0.717) is 5.69 Å². The van der Waals surface area contributed by atoms with Crippen molar-refractivity contribution in [3.63, 3.8) is 0 Å². The molecule has 0 aliphatic carbocycles. The van der Waals surface area contributed by atoms with E-state index in [1.807, 2.05) is 0 Å². The molecular formula is C11H17N5O4. The molecule has 1 aromatic heterocycles. The summed E-state index contributed by atoms with van der Waals surface area (Å²) in [4.78, 5) is 40.6. The number of hydrogen-bond acceptors (Lipinski definition) is 5. The first-order chi connectivity index (χ1) is 9.43. The third-order valence-electron chi connectivity index (χ3n) is 2.58. The molecule has 0 saturated heterocycles. The summed E-state index contributed by atoms with van der Waals surface area (Å²) in [6.45, 7) is 0. The highest BCUT2D eigenvalue weighted by molar-refractivity contribution is 5.92. The quantitative estimate of drug-likeness (QED) is 0.390. The predicted octanol–water partition coefficient (Wildman–Crippen LogP) is -2.01. The van der Waals surface area contributed by atoms with Crippen molar-refractivity contribution in [2.75, 3.05) is 7.05 Å². The zero-order chi connectivity index (χ0) is 15.1. The lowest BCUT2D eigenvalue weighted by atomic mass is 10.1. The molecule has 0 fully saturated rings. The summed E-state index contributed by atoms with van der Waals surface area (Å²) in [5, 5.41) is 13.3. The molecule has 9 nitrogen and oxygen atoms in total. The van der Waals surface area contributed by atoms with Gasteiger partial charge in [0.1, 0.15) is 6.04 Å². The molecule has 0 aliphatic rings. The Bertz CT molecular complexity index is 473. The van der Waals surface area contributed by atoms with Crippen molar-refractivity contribution >= 4 is 17.8 Å². The van der Waals surface area contributed by atoms with Gasteiger partial charge in [-0.25, -0.2) is 4.98 Å². The van der Waals surface area contributed by atoms with Gasteiger partial charge in [0.05, 0.1) is 24.5 Å². The van der Waals surface area contributed by atoms with Crippen molar-refractivity contribution in [2.24, 2.45) is 5.73 Å². The lowest BCUT2D eigenvalue weighted by molar-refractivity contribution is -0.140. The zero-order valence-corrected chi connectivity index (χ0v) is 10.9. The van der Waals surface area contributed by atoms with E-state index in [1.54, 1.807) is 6.20 Å². The van der Waals surface area contributed by atoms with Gasteiger partial charge in [0, 0.05) is 19.7 Å². The van der Waals surface area contributed by atoms with Crippen molar-refractivity contribution < 1.29 is 19.5 Å². The number of carbonyl (C=O) groups is 3. The molecule has 0 aromatic carbocycles. The normalized spacial score (nSPS) is 13.3. The summed E-state index contributed by atoms with van der Waals surface area (Å²) in [5.74, 6) is -2.39. The number of nitrogens with two attached hydrogens (primary N) is 1. The van der Waals surface area contributed by atoms with Gasteiger partial charge in [0.15, 0.2) is 0 Å². The Labute approximate surface area is 114 Å². The number of nitrogens with one attached hydrogen (secondary N) is 3. The number of aromatic nitrogens is 2. The Balaban J connectivity index is 2.60. The third-order valence-corrected chi connectivity index (χ3v) is 2.58. The summed E-state index contributed by atoms with van der Waals surface area (Å²) < 4.78 is 0. The van der Waals surface area contributed by atoms with Gasteiger partial charge in [-0.3, -0.25) is 14.4 Å². The summed E-state index contributed by atoms with van der Waals surface area (Å²) >= 11 is 0. The number of carboxylic acids is 1. The molecule has 1 rings (SSSR count). The molecule has 0 radical (unpaired) electrons. The topological polar surface area (TPSA) is 150 Å². The van der Waals surface area contributed by atoms with Gasteiger partial charge in [0.25, 0.3) is 0 Å². The molecular weight excluding hydrogens is 266 g/mol. The number of carbonyl (C=O) groups excluding carboxylic acids is 2. The number of aliphatic carboxylic acids is 1. The fourth-order valence-electron chi connectivity index (χ4n) is 1.56. The Kier molecular flexibility index (Phi) is 5.66. The monoisotopic (exact) mass is 283 g/mol. The van der Waals surface area contributed by atoms with Gasteiger partial charge in [-0.2, -0.15) is 0 Å². The number of aromatic amines is 1. The standard InChI is InChI=1S/C11H17N5O4/c1-13-11(20)8(3-9(17)18)16-10(19)7(12)2-6-4-14-5-15-6/h4-5,7-8H,2-3,12H2,1H3,(H,13,20)(H,14,15)(H,16,19)(H,17,18)/t7-,8-/m0/s1. The first kappa shape index (κ1) is 15.6. The number of H-pyrrole nitrogens is 1. The first-order valence-electron chi connectivity index (χ1n) is 5.91. The van der Waals surface area contributed by atoms with E-state index in [4.69, 9.17) is 10.8 Å². The van der Waals surface area contributed by atoms with Crippen LogP contribution in [0.2, 0.25) is 0 Å². The molecule has 9 heteroatoms. The van der Waals surface area contributed by atoms with Gasteiger partial charge in [0.2, 0.25) is 11.8 Å². The maximum atomic E-state index is 11.8. The minimum atomic E-state index is -1.19. The van der Waals surface area contributed by atoms with Crippen LogP contribution in [0.4, 0.5) is 0 Å². The van der Waals surface area contributed by atoms with E-state index >= 15 is 0 Å². The molecule has 20 heavy (non-hydrogen) atoms. The van der Waals surface area contributed by atoms with Crippen LogP contribution in [0, 0.1) is 0 Å². The van der Waals surface area contributed by atoms with Crippen LogP contribution in [0.15, 0.2) is 12.5 Å². The van der Waals surface area contributed by atoms with Gasteiger partial charge >= 0.3 is 5.97 Å². The second kappa shape index (κ2) is 7.24. The highest BCUT2D eigenvalue weighted by Crippen LogP contribution is 1.99. The highest BCUT2D eigenvalue weighted by Gasteiger charge is 2.25. The summed E-state index contributed by atoms with van der Waals surface area (Å²) in [7, 11) is 1.35. The second-order valence-electron chi connectivity index (χ2n) is 4.14. The lowest BCUT2D eigenvalue weighted by Crippen LogP contribution is -2.52. The molecule has 1 heterocycles. The number of rotatable bonds is 7. The van der Waals surface area contributed by atoms with Crippen molar-refractivity contribution in [3.8, 4) is 0 Å². The second-order valence-corrected chi connectivity index (χ2v) is 4.14. The van der Waals surface area contributed by atoms with Crippen LogP contribution in [0.1, 0.15) is 12.1 Å². The fraction of sp³-hybridized carbons (Fsp3) is 0.455. The average Bonchev–Trinajstić information content (AvgIpc) is 2.89. The molecule has 110 valence electrons. The molecule has 0 bridgehead atoms. The number of amides is 2. The molecule has 0 saturated carbocycles. The van der Waals surface area contributed by atoms with Crippen LogP contribution < -0.4 is 16.4 Å². The highest BCUT2D eigenvalue weighted by atomic mass is 16.4. The molecule has 0 aliphatic heterocycles. The van der Waals surface area contributed by atoms with E-state index in [9.17, 15) is 14.4 Å². The summed E-state index contributed by atoms with van der Waals surface area (Å²) in [6, 6.07) is -2.07. The Morgan fingerprint density at radius 1 is 1.45 bits per heavy atom. The van der Waals surface area contributed by atoms with Crippen molar-refractivity contribution in [1.29, 1.82) is 0 Å². The van der Waals surface area contributed by atoms with Gasteiger partial charge < -0.3 is 26.5 Å². The van der Waals surface area contributed by atoms with Crippen LogP contribution in [0.3, 0.4) is 0 Å². The van der Waals surface area contributed by atoms with Crippen LogP contribution in [-0.4, -0.2) is 52.0 Å². The van der Waals surface area contributed by atoms with Crippen molar-refractivity contribution in [1.82, 2.24) is 20.6 Å². The molecule has 2 atom stereocenters. The van der Waals surface area contributed by atoms with E-state index in [2.05, 4.69) is 20.6 Å². The predicted molar refractivity (Wildman–Crippen MR) is 68.5 cm³/mol. The largest absolute Gasteiger partial charge is 0.481 e. The molecule has 1 aromatic rings. The fourth-order valence-corrected chi connectivity index (χ4v) is 1.56. The van der Waals surface area contributed by atoms with E-state index < -0.39 is 36.3 Å².